The lowest BCUT2D eigenvalue weighted by Gasteiger charge is -2.25. The zero-order valence-electron chi connectivity index (χ0n) is 16.4. The number of amides is 1. The molecular formula is C22H20Cl3NO4. The fourth-order valence-corrected chi connectivity index (χ4v) is 3.93. The average Bonchev–Trinajstić information content (AvgIpc) is 2.96. The minimum absolute atomic E-state index is 0.0170. The molecule has 1 unspecified atom stereocenters. The van der Waals surface area contributed by atoms with Crippen LogP contribution in [0.15, 0.2) is 42.0 Å². The summed E-state index contributed by atoms with van der Waals surface area (Å²) in [5.74, 6) is -1.36. The number of rotatable bonds is 6. The molecule has 0 spiro atoms. The number of benzene rings is 2. The first-order valence-corrected chi connectivity index (χ1v) is 10.6. The first-order valence-electron chi connectivity index (χ1n) is 9.46. The predicted octanol–water partition coefficient (Wildman–Crippen LogP) is 5.88. The molecule has 2 aromatic carbocycles. The molecular weight excluding hydrogens is 449 g/mol. The highest BCUT2D eigenvalue weighted by atomic mass is 35.5. The molecule has 3 rings (SSSR count). The van der Waals surface area contributed by atoms with Crippen LogP contribution in [0, 0.1) is 0 Å². The van der Waals surface area contributed by atoms with Crippen LogP contribution in [0.5, 0.6) is 5.75 Å². The van der Waals surface area contributed by atoms with E-state index < -0.39 is 17.7 Å². The average molecular weight is 469 g/mol. The topological polar surface area (TPSA) is 66.8 Å². The van der Waals surface area contributed by atoms with Crippen molar-refractivity contribution in [2.24, 2.45) is 0 Å². The largest absolute Gasteiger partial charge is 0.507 e. The van der Waals surface area contributed by atoms with Crippen molar-refractivity contribution >= 4 is 52.3 Å². The highest BCUT2D eigenvalue weighted by Crippen LogP contribution is 2.41. The number of aliphatic hydroxyl groups excluding tert-OH is 1. The summed E-state index contributed by atoms with van der Waals surface area (Å²) in [4.78, 5) is 27.1. The van der Waals surface area contributed by atoms with E-state index in [0.29, 0.717) is 51.5 Å². The van der Waals surface area contributed by atoms with Crippen LogP contribution in [-0.4, -0.2) is 34.8 Å². The molecule has 1 atom stereocenters. The summed E-state index contributed by atoms with van der Waals surface area (Å²) in [7, 11) is 0. The molecule has 1 aliphatic heterocycles. The van der Waals surface area contributed by atoms with Crippen LogP contribution >= 0.6 is 34.8 Å². The van der Waals surface area contributed by atoms with Crippen molar-refractivity contribution < 1.29 is 19.4 Å². The second-order valence-corrected chi connectivity index (χ2v) is 7.97. The van der Waals surface area contributed by atoms with Crippen LogP contribution in [0.3, 0.4) is 0 Å². The van der Waals surface area contributed by atoms with E-state index in [1.54, 1.807) is 36.4 Å². The van der Waals surface area contributed by atoms with E-state index in [2.05, 4.69) is 0 Å². The number of nitrogens with zero attached hydrogens (tertiary/aromatic N) is 1. The van der Waals surface area contributed by atoms with Crippen molar-refractivity contribution in [3.8, 4) is 5.75 Å². The molecule has 1 fully saturated rings. The molecule has 1 amide bonds. The molecule has 2 aromatic rings. The molecule has 1 heterocycles. The van der Waals surface area contributed by atoms with Crippen LogP contribution in [-0.2, 0) is 9.59 Å². The molecule has 0 saturated carbocycles. The van der Waals surface area contributed by atoms with E-state index in [1.807, 2.05) is 13.8 Å². The third-order valence-corrected chi connectivity index (χ3v) is 5.82. The molecule has 8 heteroatoms. The number of halogens is 3. The maximum Gasteiger partial charge on any atom is 0.295 e. The van der Waals surface area contributed by atoms with Gasteiger partial charge in [-0.1, -0.05) is 47.8 Å². The van der Waals surface area contributed by atoms with Gasteiger partial charge in [0.15, 0.2) is 0 Å². The number of Topliss-reactive ketones (excluding diaryl/α,β-unsaturated/α-hetero) is 1. The van der Waals surface area contributed by atoms with Gasteiger partial charge in [-0.25, -0.2) is 0 Å². The van der Waals surface area contributed by atoms with Crippen LogP contribution in [0.1, 0.15) is 37.4 Å². The van der Waals surface area contributed by atoms with Crippen molar-refractivity contribution in [1.29, 1.82) is 0 Å². The normalized spacial score (nSPS) is 18.2. The zero-order chi connectivity index (χ0) is 22.0. The molecule has 5 nitrogen and oxygen atoms in total. The Morgan fingerprint density at radius 2 is 1.73 bits per heavy atom. The van der Waals surface area contributed by atoms with Gasteiger partial charge in [0, 0.05) is 12.1 Å². The van der Waals surface area contributed by atoms with E-state index in [0.717, 1.165) is 0 Å². The summed E-state index contributed by atoms with van der Waals surface area (Å²) in [5, 5.41) is 12.1. The summed E-state index contributed by atoms with van der Waals surface area (Å²) in [5.41, 5.74) is 0.886. The smallest absolute Gasteiger partial charge is 0.295 e. The van der Waals surface area contributed by atoms with Crippen molar-refractivity contribution in [1.82, 2.24) is 4.90 Å². The lowest BCUT2D eigenvalue weighted by atomic mass is 9.95. The number of ketones is 1. The summed E-state index contributed by atoms with van der Waals surface area (Å²) in [6.07, 6.45) is 0.639. The molecule has 0 aromatic heterocycles. The number of hydrogen-bond acceptors (Lipinski definition) is 4. The Bertz CT molecular complexity index is 1040. The van der Waals surface area contributed by atoms with Gasteiger partial charge in [0.1, 0.15) is 11.5 Å². The predicted molar refractivity (Wildman–Crippen MR) is 118 cm³/mol. The third-order valence-electron chi connectivity index (χ3n) is 4.77. The van der Waals surface area contributed by atoms with Gasteiger partial charge in [0.25, 0.3) is 11.7 Å². The quantitative estimate of drug-likeness (QED) is 0.327. The molecule has 1 aliphatic rings. The molecule has 0 radical (unpaired) electrons. The summed E-state index contributed by atoms with van der Waals surface area (Å²) in [6.45, 7) is 4.44. The van der Waals surface area contributed by atoms with Crippen LogP contribution in [0.25, 0.3) is 5.76 Å². The van der Waals surface area contributed by atoms with Crippen LogP contribution in [0.4, 0.5) is 0 Å². The number of hydrogen-bond donors (Lipinski definition) is 1. The number of likely N-dealkylation sites (tertiary alicyclic amines) is 1. The van der Waals surface area contributed by atoms with Gasteiger partial charge in [-0.15, -0.1) is 0 Å². The van der Waals surface area contributed by atoms with Crippen molar-refractivity contribution in [2.45, 2.75) is 26.3 Å². The van der Waals surface area contributed by atoms with E-state index >= 15 is 0 Å². The lowest BCUT2D eigenvalue weighted by molar-refractivity contribution is -0.139. The number of carbonyl (C=O) groups excluding carboxylic acids is 2. The number of ether oxygens (including phenoxy) is 1. The maximum atomic E-state index is 12.9. The fourth-order valence-electron chi connectivity index (χ4n) is 3.45. The monoisotopic (exact) mass is 467 g/mol. The van der Waals surface area contributed by atoms with Crippen molar-refractivity contribution in [3.63, 3.8) is 0 Å². The highest BCUT2D eigenvalue weighted by Gasteiger charge is 2.45. The first kappa shape index (κ1) is 22.5. The van der Waals surface area contributed by atoms with Gasteiger partial charge in [-0.05, 0) is 49.2 Å². The summed E-state index contributed by atoms with van der Waals surface area (Å²) in [6, 6.07) is 8.78. The summed E-state index contributed by atoms with van der Waals surface area (Å²) >= 11 is 18.3. The fraction of sp³-hybridized carbons (Fsp3) is 0.273. The summed E-state index contributed by atoms with van der Waals surface area (Å²) < 4.78 is 5.48. The van der Waals surface area contributed by atoms with Crippen molar-refractivity contribution in [3.05, 3.63) is 68.2 Å². The highest BCUT2D eigenvalue weighted by molar-refractivity contribution is 6.47. The van der Waals surface area contributed by atoms with E-state index in [9.17, 15) is 14.7 Å². The van der Waals surface area contributed by atoms with Gasteiger partial charge in [-0.3, -0.25) is 9.59 Å². The second-order valence-electron chi connectivity index (χ2n) is 6.74. The Morgan fingerprint density at radius 3 is 2.37 bits per heavy atom. The van der Waals surface area contributed by atoms with E-state index in [-0.39, 0.29) is 11.3 Å². The lowest BCUT2D eigenvalue weighted by Crippen LogP contribution is -2.30. The second kappa shape index (κ2) is 9.29. The maximum absolute atomic E-state index is 12.9. The van der Waals surface area contributed by atoms with Gasteiger partial charge in [0.05, 0.1) is 33.3 Å². The Hall–Kier alpha value is -2.21. The Balaban J connectivity index is 2.20. The third kappa shape index (κ3) is 4.15. The molecule has 1 saturated heterocycles. The SMILES string of the molecule is CCCN1C(=O)C(=O)/C(=C(\O)c2ccc(Cl)c(OCC)c2)C1c1ccc(Cl)c(Cl)c1. The number of carbonyl (C=O) groups is 2. The van der Waals surface area contributed by atoms with Crippen LogP contribution in [0.2, 0.25) is 15.1 Å². The molecule has 30 heavy (non-hydrogen) atoms. The minimum atomic E-state index is -0.786. The van der Waals surface area contributed by atoms with Crippen LogP contribution < -0.4 is 4.74 Å². The molecule has 0 aliphatic carbocycles. The zero-order valence-corrected chi connectivity index (χ0v) is 18.7. The number of aliphatic hydroxyl groups is 1. The molecule has 1 N–H and O–H groups in total. The van der Waals surface area contributed by atoms with E-state index in [1.165, 1.54) is 4.90 Å². The minimum Gasteiger partial charge on any atom is -0.507 e. The Labute approximate surface area is 189 Å². The van der Waals surface area contributed by atoms with Gasteiger partial charge < -0.3 is 14.7 Å². The van der Waals surface area contributed by atoms with Gasteiger partial charge in [0.2, 0.25) is 0 Å². The molecule has 0 bridgehead atoms. The Kier molecular flexibility index (Phi) is 6.96. The first-order chi connectivity index (χ1) is 14.3. The van der Waals surface area contributed by atoms with Crippen molar-refractivity contribution in [2.75, 3.05) is 13.2 Å². The van der Waals surface area contributed by atoms with E-state index in [4.69, 9.17) is 39.5 Å². The Morgan fingerprint density at radius 1 is 1.03 bits per heavy atom. The van der Waals surface area contributed by atoms with Gasteiger partial charge >= 0.3 is 0 Å². The standard InChI is InChI=1S/C22H20Cl3NO4/c1-3-9-26-19(12-5-7-14(23)16(25)10-12)18(21(28)22(26)29)20(27)13-6-8-15(24)17(11-13)30-4-2/h5-8,10-11,19,27H,3-4,9H2,1-2H3/b20-18-. The molecule has 158 valence electrons. The van der Waals surface area contributed by atoms with Gasteiger partial charge in [-0.2, -0.15) is 0 Å².